The maximum Gasteiger partial charge on any atom is 0.160 e. The molecule has 0 radical (unpaired) electrons. The summed E-state index contributed by atoms with van der Waals surface area (Å²) in [4.78, 5) is 2.47. The standard InChI is InChI=1S/C14H22N2O2/c1-15-9-12-4-3-7-16(12)10-11-5-6-14(18-2)13(17)8-11/h5-6,8,12,15,17H,3-4,7,9-10H2,1-2H3. The number of methoxy groups -OCH3 is 1. The van der Waals surface area contributed by atoms with Gasteiger partial charge in [0.05, 0.1) is 7.11 Å². The number of likely N-dealkylation sites (tertiary alicyclic amines) is 1. The Morgan fingerprint density at radius 1 is 1.50 bits per heavy atom. The van der Waals surface area contributed by atoms with Crippen LogP contribution in [0.5, 0.6) is 11.5 Å². The number of nitrogens with one attached hydrogen (secondary N) is 1. The number of nitrogens with zero attached hydrogens (tertiary/aromatic N) is 1. The lowest BCUT2D eigenvalue weighted by molar-refractivity contribution is 0.242. The number of phenols is 1. The van der Waals surface area contributed by atoms with Crippen molar-refractivity contribution in [3.05, 3.63) is 23.8 Å². The highest BCUT2D eigenvalue weighted by Crippen LogP contribution is 2.28. The number of ether oxygens (including phenoxy) is 1. The minimum Gasteiger partial charge on any atom is -0.504 e. The van der Waals surface area contributed by atoms with Gasteiger partial charge in [-0.15, -0.1) is 0 Å². The molecular weight excluding hydrogens is 228 g/mol. The molecule has 1 heterocycles. The van der Waals surface area contributed by atoms with E-state index >= 15 is 0 Å². The molecule has 1 saturated heterocycles. The van der Waals surface area contributed by atoms with Gasteiger partial charge in [0.15, 0.2) is 11.5 Å². The fraction of sp³-hybridized carbons (Fsp3) is 0.571. The monoisotopic (exact) mass is 250 g/mol. The summed E-state index contributed by atoms with van der Waals surface area (Å²) in [6.07, 6.45) is 2.51. The largest absolute Gasteiger partial charge is 0.504 e. The zero-order valence-corrected chi connectivity index (χ0v) is 11.1. The van der Waals surface area contributed by atoms with E-state index in [4.69, 9.17) is 4.74 Å². The fourth-order valence-electron chi connectivity index (χ4n) is 2.64. The molecule has 0 aromatic heterocycles. The SMILES string of the molecule is CNCC1CCCN1Cc1ccc(OC)c(O)c1. The van der Waals surface area contributed by atoms with Gasteiger partial charge in [-0.05, 0) is 44.1 Å². The minimum atomic E-state index is 0.222. The molecule has 18 heavy (non-hydrogen) atoms. The lowest BCUT2D eigenvalue weighted by Crippen LogP contribution is -2.36. The van der Waals surface area contributed by atoms with Crippen LogP contribution < -0.4 is 10.1 Å². The van der Waals surface area contributed by atoms with Crippen molar-refractivity contribution in [3.63, 3.8) is 0 Å². The van der Waals surface area contributed by atoms with Gasteiger partial charge in [-0.1, -0.05) is 6.07 Å². The molecule has 0 saturated carbocycles. The average molecular weight is 250 g/mol. The summed E-state index contributed by atoms with van der Waals surface area (Å²) >= 11 is 0. The summed E-state index contributed by atoms with van der Waals surface area (Å²) in [6.45, 7) is 3.06. The second-order valence-electron chi connectivity index (χ2n) is 4.83. The second kappa shape index (κ2) is 6.07. The van der Waals surface area contributed by atoms with Crippen LogP contribution >= 0.6 is 0 Å². The van der Waals surface area contributed by atoms with E-state index in [1.165, 1.54) is 12.8 Å². The molecule has 1 unspecified atom stereocenters. The average Bonchev–Trinajstić information content (AvgIpc) is 2.78. The number of phenolic OH excluding ortho intramolecular Hbond substituents is 1. The molecule has 2 rings (SSSR count). The van der Waals surface area contributed by atoms with Crippen LogP contribution in [0.3, 0.4) is 0 Å². The van der Waals surface area contributed by atoms with E-state index in [1.54, 1.807) is 13.2 Å². The highest BCUT2D eigenvalue weighted by atomic mass is 16.5. The number of hydrogen-bond acceptors (Lipinski definition) is 4. The summed E-state index contributed by atoms with van der Waals surface area (Å²) in [5, 5.41) is 13.0. The fourth-order valence-corrected chi connectivity index (χ4v) is 2.64. The van der Waals surface area contributed by atoms with Crippen LogP contribution in [0.1, 0.15) is 18.4 Å². The molecule has 100 valence electrons. The van der Waals surface area contributed by atoms with Gasteiger partial charge in [-0.3, -0.25) is 4.90 Å². The molecule has 0 aliphatic carbocycles. The van der Waals surface area contributed by atoms with Crippen LogP contribution in [0.4, 0.5) is 0 Å². The minimum absolute atomic E-state index is 0.222. The van der Waals surface area contributed by atoms with Crippen molar-refractivity contribution in [1.29, 1.82) is 0 Å². The molecular formula is C14H22N2O2. The molecule has 0 bridgehead atoms. The second-order valence-corrected chi connectivity index (χ2v) is 4.83. The van der Waals surface area contributed by atoms with Crippen molar-refractivity contribution in [3.8, 4) is 11.5 Å². The van der Waals surface area contributed by atoms with Gasteiger partial charge < -0.3 is 15.2 Å². The lowest BCUT2D eigenvalue weighted by Gasteiger charge is -2.24. The molecule has 1 aliphatic heterocycles. The predicted octanol–water partition coefficient (Wildman–Crippen LogP) is 1.58. The summed E-state index contributed by atoms with van der Waals surface area (Å²) < 4.78 is 5.06. The van der Waals surface area contributed by atoms with E-state index in [9.17, 15) is 5.11 Å². The lowest BCUT2D eigenvalue weighted by atomic mass is 10.1. The topological polar surface area (TPSA) is 44.7 Å². The zero-order chi connectivity index (χ0) is 13.0. The van der Waals surface area contributed by atoms with E-state index in [2.05, 4.69) is 10.2 Å². The molecule has 1 atom stereocenters. The third kappa shape index (κ3) is 2.94. The summed E-state index contributed by atoms with van der Waals surface area (Å²) in [5.41, 5.74) is 1.14. The Morgan fingerprint density at radius 2 is 2.33 bits per heavy atom. The van der Waals surface area contributed by atoms with Crippen molar-refractivity contribution in [1.82, 2.24) is 10.2 Å². The highest BCUT2D eigenvalue weighted by Gasteiger charge is 2.23. The normalized spacial score (nSPS) is 20.2. The van der Waals surface area contributed by atoms with Crippen molar-refractivity contribution in [2.24, 2.45) is 0 Å². The molecule has 1 aromatic rings. The first kappa shape index (κ1) is 13.2. The molecule has 1 fully saturated rings. The van der Waals surface area contributed by atoms with E-state index < -0.39 is 0 Å². The van der Waals surface area contributed by atoms with E-state index in [1.807, 2.05) is 19.2 Å². The van der Waals surface area contributed by atoms with E-state index in [0.29, 0.717) is 11.8 Å². The Labute approximate surface area is 109 Å². The summed E-state index contributed by atoms with van der Waals surface area (Å²) in [5.74, 6) is 0.756. The van der Waals surface area contributed by atoms with Gasteiger partial charge in [0, 0.05) is 19.1 Å². The maximum atomic E-state index is 9.78. The molecule has 4 nitrogen and oxygen atoms in total. The maximum absolute atomic E-state index is 9.78. The first-order chi connectivity index (χ1) is 8.74. The van der Waals surface area contributed by atoms with Gasteiger partial charge in [-0.25, -0.2) is 0 Å². The van der Waals surface area contributed by atoms with Crippen LogP contribution in [0.15, 0.2) is 18.2 Å². The van der Waals surface area contributed by atoms with Gasteiger partial charge in [0.25, 0.3) is 0 Å². The molecule has 2 N–H and O–H groups in total. The van der Waals surface area contributed by atoms with Gasteiger partial charge in [-0.2, -0.15) is 0 Å². The summed E-state index contributed by atoms with van der Waals surface area (Å²) in [7, 11) is 3.56. The van der Waals surface area contributed by atoms with Crippen LogP contribution in [0.2, 0.25) is 0 Å². The van der Waals surface area contributed by atoms with Crippen LogP contribution in [-0.2, 0) is 6.54 Å². The first-order valence-electron chi connectivity index (χ1n) is 6.49. The highest BCUT2D eigenvalue weighted by molar-refractivity contribution is 5.41. The Bertz CT molecular complexity index is 395. The molecule has 0 spiro atoms. The van der Waals surface area contributed by atoms with E-state index in [-0.39, 0.29) is 5.75 Å². The number of rotatable bonds is 5. The van der Waals surface area contributed by atoms with Crippen molar-refractivity contribution >= 4 is 0 Å². The quantitative estimate of drug-likeness (QED) is 0.833. The molecule has 1 aromatic carbocycles. The summed E-state index contributed by atoms with van der Waals surface area (Å²) in [6, 6.07) is 6.26. The van der Waals surface area contributed by atoms with Gasteiger partial charge in [0.1, 0.15) is 0 Å². The number of likely N-dealkylation sites (N-methyl/N-ethyl adjacent to an activating group) is 1. The van der Waals surface area contributed by atoms with Crippen LogP contribution in [0, 0.1) is 0 Å². The van der Waals surface area contributed by atoms with Crippen molar-refractivity contribution in [2.45, 2.75) is 25.4 Å². The zero-order valence-electron chi connectivity index (χ0n) is 11.1. The van der Waals surface area contributed by atoms with Crippen LogP contribution in [-0.4, -0.2) is 43.3 Å². The Hall–Kier alpha value is -1.26. The third-order valence-electron chi connectivity index (χ3n) is 3.57. The Balaban J connectivity index is 2.02. The predicted molar refractivity (Wildman–Crippen MR) is 72.0 cm³/mol. The van der Waals surface area contributed by atoms with Crippen molar-refractivity contribution in [2.75, 3.05) is 27.2 Å². The van der Waals surface area contributed by atoms with E-state index in [0.717, 1.165) is 25.2 Å². The molecule has 4 heteroatoms. The van der Waals surface area contributed by atoms with Crippen LogP contribution in [0.25, 0.3) is 0 Å². The Kier molecular flexibility index (Phi) is 4.44. The smallest absolute Gasteiger partial charge is 0.160 e. The molecule has 1 aliphatic rings. The number of benzene rings is 1. The third-order valence-corrected chi connectivity index (χ3v) is 3.57. The molecule has 0 amide bonds. The van der Waals surface area contributed by atoms with Gasteiger partial charge >= 0.3 is 0 Å². The first-order valence-corrected chi connectivity index (χ1v) is 6.49. The number of hydrogen-bond donors (Lipinski definition) is 2. The Morgan fingerprint density at radius 3 is 3.00 bits per heavy atom. The number of aromatic hydroxyl groups is 1. The van der Waals surface area contributed by atoms with Gasteiger partial charge in [0.2, 0.25) is 0 Å². The van der Waals surface area contributed by atoms with Crippen molar-refractivity contribution < 1.29 is 9.84 Å².